The first-order valence-corrected chi connectivity index (χ1v) is 3.44. The van der Waals surface area contributed by atoms with E-state index in [1.807, 2.05) is 11.0 Å². The lowest BCUT2D eigenvalue weighted by atomic mass is 10.3. The predicted octanol–water partition coefficient (Wildman–Crippen LogP) is 2.54. The maximum absolute atomic E-state index is 3.87. The van der Waals surface area contributed by atoms with Crippen molar-refractivity contribution in [3.05, 3.63) is 37.7 Å². The first kappa shape index (κ1) is 9.02. The van der Waals surface area contributed by atoms with Crippen LogP contribution in [0, 0.1) is 0 Å². The van der Waals surface area contributed by atoms with Gasteiger partial charge >= 0.3 is 0 Å². The molecule has 0 spiro atoms. The summed E-state index contributed by atoms with van der Waals surface area (Å²) < 4.78 is 0. The van der Waals surface area contributed by atoms with Crippen molar-refractivity contribution >= 4 is 0 Å². The van der Waals surface area contributed by atoms with Gasteiger partial charge in [-0.2, -0.15) is 0 Å². The van der Waals surface area contributed by atoms with Crippen molar-refractivity contribution in [1.29, 1.82) is 0 Å². The molecule has 0 aliphatic heterocycles. The predicted molar refractivity (Wildman–Crippen MR) is 46.5 cm³/mol. The molecule has 1 nitrogen and oxygen atoms in total. The van der Waals surface area contributed by atoms with Crippen LogP contribution in [0.3, 0.4) is 0 Å². The van der Waals surface area contributed by atoms with E-state index in [9.17, 15) is 0 Å². The SMILES string of the molecule is C=CCN(C=C)C(=C)CC. The molecule has 0 aromatic heterocycles. The van der Waals surface area contributed by atoms with Crippen molar-refractivity contribution in [2.45, 2.75) is 13.3 Å². The van der Waals surface area contributed by atoms with Crippen molar-refractivity contribution in [1.82, 2.24) is 4.90 Å². The van der Waals surface area contributed by atoms with Crippen LogP contribution in [0.2, 0.25) is 0 Å². The van der Waals surface area contributed by atoms with E-state index < -0.39 is 0 Å². The lowest BCUT2D eigenvalue weighted by Crippen LogP contribution is -2.14. The maximum Gasteiger partial charge on any atom is 0.0399 e. The molecule has 0 N–H and O–H groups in total. The molecule has 0 aliphatic carbocycles. The molecule has 0 saturated carbocycles. The average Bonchev–Trinajstić information content (AvgIpc) is 1.99. The Morgan fingerprint density at radius 3 is 2.40 bits per heavy atom. The molecular formula is C9H15N. The smallest absolute Gasteiger partial charge is 0.0399 e. The van der Waals surface area contributed by atoms with Gasteiger partial charge < -0.3 is 4.90 Å². The molecule has 0 aromatic rings. The average molecular weight is 137 g/mol. The molecule has 56 valence electrons. The summed E-state index contributed by atoms with van der Waals surface area (Å²) in [6.07, 6.45) is 4.57. The second-order valence-corrected chi connectivity index (χ2v) is 2.04. The van der Waals surface area contributed by atoms with E-state index in [0.717, 1.165) is 18.7 Å². The number of nitrogens with zero attached hydrogens (tertiary/aromatic N) is 1. The van der Waals surface area contributed by atoms with Crippen molar-refractivity contribution in [3.8, 4) is 0 Å². The second kappa shape index (κ2) is 4.86. The van der Waals surface area contributed by atoms with Gasteiger partial charge in [0.15, 0.2) is 0 Å². The van der Waals surface area contributed by atoms with Crippen molar-refractivity contribution in [2.75, 3.05) is 6.54 Å². The van der Waals surface area contributed by atoms with Crippen molar-refractivity contribution < 1.29 is 0 Å². The van der Waals surface area contributed by atoms with E-state index >= 15 is 0 Å². The molecule has 0 radical (unpaired) electrons. The third-order valence-corrected chi connectivity index (χ3v) is 1.36. The highest BCUT2D eigenvalue weighted by atomic mass is 15.1. The Morgan fingerprint density at radius 2 is 2.10 bits per heavy atom. The Kier molecular flexibility index (Phi) is 4.38. The normalized spacial score (nSPS) is 8.50. The number of hydrogen-bond donors (Lipinski definition) is 0. The van der Waals surface area contributed by atoms with E-state index in [-0.39, 0.29) is 0 Å². The fourth-order valence-corrected chi connectivity index (χ4v) is 0.675. The minimum absolute atomic E-state index is 0.802. The van der Waals surface area contributed by atoms with E-state index in [1.54, 1.807) is 6.20 Å². The molecule has 10 heavy (non-hydrogen) atoms. The fourth-order valence-electron chi connectivity index (χ4n) is 0.675. The van der Waals surface area contributed by atoms with E-state index in [1.165, 1.54) is 0 Å². The highest BCUT2D eigenvalue weighted by molar-refractivity contribution is 4.99. The van der Waals surface area contributed by atoms with Crippen LogP contribution in [0.5, 0.6) is 0 Å². The van der Waals surface area contributed by atoms with Crippen LogP contribution in [0.25, 0.3) is 0 Å². The van der Waals surface area contributed by atoms with Gasteiger partial charge in [0.25, 0.3) is 0 Å². The summed E-state index contributed by atoms with van der Waals surface area (Å²) in [5, 5.41) is 0. The van der Waals surface area contributed by atoms with Crippen LogP contribution in [-0.2, 0) is 0 Å². The first-order valence-electron chi connectivity index (χ1n) is 3.44. The van der Waals surface area contributed by atoms with Crippen molar-refractivity contribution in [3.63, 3.8) is 0 Å². The molecule has 0 amide bonds. The number of rotatable bonds is 5. The quantitative estimate of drug-likeness (QED) is 0.526. The van der Waals surface area contributed by atoms with Crippen molar-refractivity contribution in [2.24, 2.45) is 0 Å². The minimum Gasteiger partial charge on any atom is -0.349 e. The van der Waals surface area contributed by atoms with Gasteiger partial charge in [0.05, 0.1) is 0 Å². The summed E-state index contributed by atoms with van der Waals surface area (Å²) in [5.41, 5.74) is 1.08. The summed E-state index contributed by atoms with van der Waals surface area (Å²) in [6.45, 7) is 14.0. The number of hydrogen-bond acceptors (Lipinski definition) is 1. The summed E-state index contributed by atoms with van der Waals surface area (Å²) in [4.78, 5) is 1.98. The standard InChI is InChI=1S/C9H15N/c1-5-8-10(7-3)9(4)6-2/h5,7H,1,3-4,6,8H2,2H3. The Labute approximate surface area is 63.3 Å². The van der Waals surface area contributed by atoms with Crippen LogP contribution in [0.15, 0.2) is 37.7 Å². The molecule has 0 saturated heterocycles. The Balaban J connectivity index is 3.91. The molecule has 0 rings (SSSR count). The lowest BCUT2D eigenvalue weighted by Gasteiger charge is -2.18. The third-order valence-electron chi connectivity index (χ3n) is 1.36. The van der Waals surface area contributed by atoms with Crippen LogP contribution in [-0.4, -0.2) is 11.4 Å². The van der Waals surface area contributed by atoms with Crippen LogP contribution >= 0.6 is 0 Å². The van der Waals surface area contributed by atoms with Gasteiger partial charge in [0.2, 0.25) is 0 Å². The summed E-state index contributed by atoms with van der Waals surface area (Å²) in [6, 6.07) is 0. The second-order valence-electron chi connectivity index (χ2n) is 2.04. The molecule has 0 fully saturated rings. The van der Waals surface area contributed by atoms with Crippen LogP contribution in [0.1, 0.15) is 13.3 Å². The van der Waals surface area contributed by atoms with Gasteiger partial charge in [-0.25, -0.2) is 0 Å². The van der Waals surface area contributed by atoms with Gasteiger partial charge in [-0.3, -0.25) is 0 Å². The molecule has 0 bridgehead atoms. The van der Waals surface area contributed by atoms with Crippen LogP contribution in [0.4, 0.5) is 0 Å². The topological polar surface area (TPSA) is 3.24 Å². The Hall–Kier alpha value is -0.980. The molecular weight excluding hydrogens is 122 g/mol. The summed E-state index contributed by atoms with van der Waals surface area (Å²) >= 11 is 0. The van der Waals surface area contributed by atoms with Gasteiger partial charge in [0, 0.05) is 12.2 Å². The van der Waals surface area contributed by atoms with Gasteiger partial charge in [-0.15, -0.1) is 6.58 Å². The Morgan fingerprint density at radius 1 is 1.50 bits per heavy atom. The van der Waals surface area contributed by atoms with Gasteiger partial charge in [0.1, 0.15) is 0 Å². The fraction of sp³-hybridized carbons (Fsp3) is 0.333. The molecule has 0 unspecified atom stereocenters. The van der Waals surface area contributed by atoms with Crippen LogP contribution < -0.4 is 0 Å². The maximum atomic E-state index is 3.87. The molecule has 1 heteroatoms. The third kappa shape index (κ3) is 2.53. The zero-order valence-electron chi connectivity index (χ0n) is 6.64. The highest BCUT2D eigenvalue weighted by Crippen LogP contribution is 2.04. The Bertz CT molecular complexity index is 136. The summed E-state index contributed by atoms with van der Waals surface area (Å²) in [5.74, 6) is 0. The molecule has 0 heterocycles. The zero-order chi connectivity index (χ0) is 7.98. The molecule has 0 aromatic carbocycles. The minimum atomic E-state index is 0.802. The molecule has 0 aliphatic rings. The molecule has 0 atom stereocenters. The lowest BCUT2D eigenvalue weighted by molar-refractivity contribution is 0.503. The number of allylic oxidation sites excluding steroid dienone is 1. The van der Waals surface area contributed by atoms with E-state index in [4.69, 9.17) is 0 Å². The van der Waals surface area contributed by atoms with E-state index in [2.05, 4.69) is 26.7 Å². The van der Waals surface area contributed by atoms with E-state index in [0.29, 0.717) is 0 Å². The zero-order valence-corrected chi connectivity index (χ0v) is 6.64. The first-order chi connectivity index (χ1) is 4.76. The van der Waals surface area contributed by atoms with Gasteiger partial charge in [-0.1, -0.05) is 26.2 Å². The highest BCUT2D eigenvalue weighted by Gasteiger charge is 1.96. The summed E-state index contributed by atoms with van der Waals surface area (Å²) in [7, 11) is 0. The largest absolute Gasteiger partial charge is 0.349 e. The monoisotopic (exact) mass is 137 g/mol. The van der Waals surface area contributed by atoms with Gasteiger partial charge in [-0.05, 0) is 12.6 Å².